The normalized spacial score (nSPS) is 21.8. The van der Waals surface area contributed by atoms with Crippen molar-refractivity contribution in [1.82, 2.24) is 0 Å². The zero-order chi connectivity index (χ0) is 13.0. The van der Waals surface area contributed by atoms with E-state index in [1.165, 1.54) is 23.1 Å². The van der Waals surface area contributed by atoms with Gasteiger partial charge in [0.05, 0.1) is 6.61 Å². The molecule has 1 saturated heterocycles. The molecule has 1 aliphatic rings. The molecule has 2 atom stereocenters. The van der Waals surface area contributed by atoms with E-state index < -0.39 is 0 Å². The van der Waals surface area contributed by atoms with Crippen molar-refractivity contribution in [2.24, 2.45) is 11.7 Å². The number of nitrogens with two attached hydrogens (primary N) is 1. The smallest absolute Gasteiger partial charge is 0.0512 e. The van der Waals surface area contributed by atoms with Crippen molar-refractivity contribution in [1.29, 1.82) is 0 Å². The molecule has 2 unspecified atom stereocenters. The Morgan fingerprint density at radius 1 is 1.28 bits per heavy atom. The number of hydrogen-bond donors (Lipinski definition) is 1. The van der Waals surface area contributed by atoms with Gasteiger partial charge in [-0.05, 0) is 42.4 Å². The van der Waals surface area contributed by atoms with Crippen LogP contribution < -0.4 is 5.73 Å². The van der Waals surface area contributed by atoms with Gasteiger partial charge in [0.2, 0.25) is 0 Å². The summed E-state index contributed by atoms with van der Waals surface area (Å²) >= 11 is 0. The summed E-state index contributed by atoms with van der Waals surface area (Å²) in [5.41, 5.74) is 10.6. The second-order valence-corrected chi connectivity index (χ2v) is 5.24. The first-order chi connectivity index (χ1) is 8.76. The van der Waals surface area contributed by atoms with Crippen molar-refractivity contribution >= 4 is 0 Å². The van der Waals surface area contributed by atoms with Gasteiger partial charge in [-0.25, -0.2) is 0 Å². The third-order valence-electron chi connectivity index (χ3n) is 4.08. The number of rotatable bonds is 4. The molecule has 100 valence electrons. The Balaban J connectivity index is 2.16. The van der Waals surface area contributed by atoms with Crippen LogP contribution in [0, 0.1) is 5.92 Å². The van der Waals surface area contributed by atoms with Gasteiger partial charge < -0.3 is 10.5 Å². The summed E-state index contributed by atoms with van der Waals surface area (Å²) in [5, 5.41) is 0. The van der Waals surface area contributed by atoms with Crippen LogP contribution in [0.5, 0.6) is 0 Å². The number of benzene rings is 1. The van der Waals surface area contributed by atoms with Crippen LogP contribution in [-0.2, 0) is 17.6 Å². The quantitative estimate of drug-likeness (QED) is 0.886. The monoisotopic (exact) mass is 247 g/mol. The van der Waals surface area contributed by atoms with Crippen LogP contribution in [0.2, 0.25) is 0 Å². The molecule has 1 fully saturated rings. The fraction of sp³-hybridized carbons (Fsp3) is 0.625. The maximum Gasteiger partial charge on any atom is 0.0512 e. The Morgan fingerprint density at radius 2 is 2.06 bits per heavy atom. The highest BCUT2D eigenvalue weighted by Gasteiger charge is 2.22. The first-order valence-electron chi connectivity index (χ1n) is 7.21. The Labute approximate surface area is 111 Å². The molecule has 1 aliphatic heterocycles. The fourth-order valence-electron chi connectivity index (χ4n) is 2.85. The second kappa shape index (κ2) is 6.35. The zero-order valence-electron chi connectivity index (χ0n) is 11.6. The van der Waals surface area contributed by atoms with E-state index in [0.717, 1.165) is 32.5 Å². The van der Waals surface area contributed by atoms with Crippen LogP contribution in [0.4, 0.5) is 0 Å². The summed E-state index contributed by atoms with van der Waals surface area (Å²) in [6, 6.07) is 6.88. The minimum atomic E-state index is 0.126. The first kappa shape index (κ1) is 13.6. The summed E-state index contributed by atoms with van der Waals surface area (Å²) in [6.45, 7) is 6.15. The van der Waals surface area contributed by atoms with Crippen molar-refractivity contribution in [3.05, 3.63) is 34.9 Å². The third kappa shape index (κ3) is 2.93. The summed E-state index contributed by atoms with van der Waals surface area (Å²) < 4.78 is 5.55. The molecule has 2 heteroatoms. The van der Waals surface area contributed by atoms with E-state index in [0.29, 0.717) is 5.92 Å². The van der Waals surface area contributed by atoms with E-state index in [9.17, 15) is 0 Å². The molecule has 2 nitrogen and oxygen atoms in total. The van der Waals surface area contributed by atoms with E-state index in [1.807, 2.05) is 0 Å². The topological polar surface area (TPSA) is 35.2 Å². The summed E-state index contributed by atoms with van der Waals surface area (Å²) in [6.07, 6.45) is 4.53. The van der Waals surface area contributed by atoms with Crippen molar-refractivity contribution in [3.63, 3.8) is 0 Å². The van der Waals surface area contributed by atoms with Crippen molar-refractivity contribution in [2.75, 3.05) is 13.2 Å². The zero-order valence-corrected chi connectivity index (χ0v) is 11.6. The Kier molecular flexibility index (Phi) is 4.79. The predicted molar refractivity (Wildman–Crippen MR) is 75.7 cm³/mol. The van der Waals surface area contributed by atoms with Crippen molar-refractivity contribution in [2.45, 2.75) is 45.6 Å². The maximum absolute atomic E-state index is 6.40. The number of ether oxygens (including phenoxy) is 1. The third-order valence-corrected chi connectivity index (χ3v) is 4.08. The van der Waals surface area contributed by atoms with Crippen molar-refractivity contribution in [3.8, 4) is 0 Å². The van der Waals surface area contributed by atoms with Gasteiger partial charge in [0, 0.05) is 18.6 Å². The molecule has 0 radical (unpaired) electrons. The van der Waals surface area contributed by atoms with Gasteiger partial charge in [-0.1, -0.05) is 32.0 Å². The molecule has 0 spiro atoms. The van der Waals surface area contributed by atoms with Crippen LogP contribution in [0.25, 0.3) is 0 Å². The fourth-order valence-corrected chi connectivity index (χ4v) is 2.85. The van der Waals surface area contributed by atoms with E-state index >= 15 is 0 Å². The van der Waals surface area contributed by atoms with Crippen LogP contribution in [0.1, 0.15) is 49.4 Å². The number of hydrogen-bond acceptors (Lipinski definition) is 2. The summed E-state index contributed by atoms with van der Waals surface area (Å²) in [4.78, 5) is 0. The first-order valence-corrected chi connectivity index (χ1v) is 7.21. The summed E-state index contributed by atoms with van der Waals surface area (Å²) in [5.74, 6) is 0.482. The van der Waals surface area contributed by atoms with Gasteiger partial charge in [-0.2, -0.15) is 0 Å². The average molecular weight is 247 g/mol. The lowest BCUT2D eigenvalue weighted by Crippen LogP contribution is -2.29. The molecule has 0 amide bonds. The number of aryl methyl sites for hydroxylation is 2. The molecule has 0 bridgehead atoms. The van der Waals surface area contributed by atoms with E-state index in [1.54, 1.807) is 0 Å². The standard InChI is InChI=1S/C16H25NO/c1-3-12-7-8-14(10-13(12)4-2)16(17)15-6-5-9-18-11-15/h7-8,10,15-16H,3-6,9,11,17H2,1-2H3. The Bertz CT molecular complexity index is 383. The SMILES string of the molecule is CCc1ccc(C(N)C2CCCOC2)cc1CC. The second-order valence-electron chi connectivity index (χ2n) is 5.24. The highest BCUT2D eigenvalue weighted by molar-refractivity contribution is 5.34. The molecule has 0 saturated carbocycles. The minimum Gasteiger partial charge on any atom is -0.381 e. The minimum absolute atomic E-state index is 0.126. The molecular weight excluding hydrogens is 222 g/mol. The highest BCUT2D eigenvalue weighted by Crippen LogP contribution is 2.28. The molecule has 2 N–H and O–H groups in total. The van der Waals surface area contributed by atoms with Crippen molar-refractivity contribution < 1.29 is 4.74 Å². The predicted octanol–water partition coefficient (Wildman–Crippen LogP) is 3.24. The summed E-state index contributed by atoms with van der Waals surface area (Å²) in [7, 11) is 0. The lowest BCUT2D eigenvalue weighted by molar-refractivity contribution is 0.0447. The highest BCUT2D eigenvalue weighted by atomic mass is 16.5. The van der Waals surface area contributed by atoms with Gasteiger partial charge >= 0.3 is 0 Å². The van der Waals surface area contributed by atoms with Gasteiger partial charge in [0.25, 0.3) is 0 Å². The van der Waals surface area contributed by atoms with Crippen LogP contribution in [0.3, 0.4) is 0 Å². The molecule has 1 heterocycles. The Hall–Kier alpha value is -0.860. The molecular formula is C16H25NO. The van der Waals surface area contributed by atoms with Gasteiger partial charge in [0.1, 0.15) is 0 Å². The lowest BCUT2D eigenvalue weighted by atomic mass is 9.87. The molecule has 2 rings (SSSR count). The average Bonchev–Trinajstić information content (AvgIpc) is 2.46. The van der Waals surface area contributed by atoms with Crippen LogP contribution in [0.15, 0.2) is 18.2 Å². The van der Waals surface area contributed by atoms with E-state index in [2.05, 4.69) is 32.0 Å². The molecule has 18 heavy (non-hydrogen) atoms. The van der Waals surface area contributed by atoms with E-state index in [-0.39, 0.29) is 6.04 Å². The molecule has 1 aromatic carbocycles. The van der Waals surface area contributed by atoms with Crippen LogP contribution >= 0.6 is 0 Å². The maximum atomic E-state index is 6.40. The van der Waals surface area contributed by atoms with Crippen LogP contribution in [-0.4, -0.2) is 13.2 Å². The molecule has 0 aromatic heterocycles. The molecule has 1 aromatic rings. The Morgan fingerprint density at radius 3 is 2.67 bits per heavy atom. The van der Waals surface area contributed by atoms with Gasteiger partial charge in [0.15, 0.2) is 0 Å². The molecule has 0 aliphatic carbocycles. The van der Waals surface area contributed by atoms with E-state index in [4.69, 9.17) is 10.5 Å². The largest absolute Gasteiger partial charge is 0.381 e. The van der Waals surface area contributed by atoms with Gasteiger partial charge in [-0.3, -0.25) is 0 Å². The van der Waals surface area contributed by atoms with Gasteiger partial charge in [-0.15, -0.1) is 0 Å². The lowest BCUT2D eigenvalue weighted by Gasteiger charge is -2.28.